The van der Waals surface area contributed by atoms with Gasteiger partial charge in [0, 0.05) is 13.1 Å². The van der Waals surface area contributed by atoms with Gasteiger partial charge >= 0.3 is 0 Å². The van der Waals surface area contributed by atoms with Gasteiger partial charge in [0.05, 0.1) is 6.10 Å². The second-order valence-electron chi connectivity index (χ2n) is 5.87. The van der Waals surface area contributed by atoms with E-state index in [-0.39, 0.29) is 11.5 Å². The van der Waals surface area contributed by atoms with Crippen LogP contribution in [-0.2, 0) is 12.0 Å². The van der Waals surface area contributed by atoms with Crippen LogP contribution in [0.2, 0.25) is 0 Å². The Morgan fingerprint density at radius 3 is 2.41 bits per heavy atom. The Hall–Kier alpha value is -0.860. The van der Waals surface area contributed by atoms with Crippen molar-refractivity contribution in [2.75, 3.05) is 6.54 Å². The third-order valence-corrected chi connectivity index (χ3v) is 2.96. The first-order valence-corrected chi connectivity index (χ1v) is 6.29. The average molecular weight is 235 g/mol. The molecule has 0 aliphatic heterocycles. The molecule has 0 bridgehead atoms. The number of aliphatic hydroxyl groups is 1. The summed E-state index contributed by atoms with van der Waals surface area (Å²) in [6.45, 7) is 12.1. The van der Waals surface area contributed by atoms with Crippen molar-refractivity contribution in [2.24, 2.45) is 0 Å². The third kappa shape index (κ3) is 4.49. The lowest BCUT2D eigenvalue weighted by atomic mass is 9.85. The Kier molecular flexibility index (Phi) is 4.72. The molecule has 0 aliphatic carbocycles. The minimum Gasteiger partial charge on any atom is -0.392 e. The van der Waals surface area contributed by atoms with E-state index in [9.17, 15) is 5.11 Å². The summed E-state index contributed by atoms with van der Waals surface area (Å²) in [7, 11) is 0. The minimum atomic E-state index is -0.288. The molecule has 2 nitrogen and oxygen atoms in total. The molecule has 2 heteroatoms. The van der Waals surface area contributed by atoms with E-state index < -0.39 is 0 Å². The fourth-order valence-electron chi connectivity index (χ4n) is 1.78. The van der Waals surface area contributed by atoms with Crippen molar-refractivity contribution >= 4 is 0 Å². The summed E-state index contributed by atoms with van der Waals surface area (Å²) in [5.74, 6) is 0. The number of aryl methyl sites for hydroxylation is 1. The average Bonchev–Trinajstić information content (AvgIpc) is 2.18. The van der Waals surface area contributed by atoms with Crippen LogP contribution in [0.25, 0.3) is 0 Å². The monoisotopic (exact) mass is 235 g/mol. The summed E-state index contributed by atoms with van der Waals surface area (Å²) in [6, 6.07) is 6.65. The van der Waals surface area contributed by atoms with Gasteiger partial charge in [-0.05, 0) is 36.0 Å². The molecule has 0 aliphatic rings. The van der Waals surface area contributed by atoms with E-state index in [1.165, 1.54) is 16.7 Å². The highest BCUT2D eigenvalue weighted by molar-refractivity contribution is 5.34. The highest BCUT2D eigenvalue weighted by Crippen LogP contribution is 2.24. The van der Waals surface area contributed by atoms with Crippen molar-refractivity contribution < 1.29 is 5.11 Å². The summed E-state index contributed by atoms with van der Waals surface area (Å²) in [5.41, 5.74) is 4.19. The Morgan fingerprint density at radius 2 is 1.94 bits per heavy atom. The van der Waals surface area contributed by atoms with E-state index in [4.69, 9.17) is 0 Å². The van der Waals surface area contributed by atoms with E-state index >= 15 is 0 Å². The zero-order valence-electron chi connectivity index (χ0n) is 11.7. The quantitative estimate of drug-likeness (QED) is 0.841. The van der Waals surface area contributed by atoms with Crippen LogP contribution in [0, 0.1) is 6.92 Å². The molecule has 2 N–H and O–H groups in total. The van der Waals surface area contributed by atoms with Crippen molar-refractivity contribution in [1.29, 1.82) is 0 Å². The molecule has 0 saturated heterocycles. The highest BCUT2D eigenvalue weighted by atomic mass is 16.3. The molecule has 1 aromatic carbocycles. The van der Waals surface area contributed by atoms with Crippen molar-refractivity contribution in [2.45, 2.75) is 52.7 Å². The van der Waals surface area contributed by atoms with Crippen LogP contribution in [-0.4, -0.2) is 17.8 Å². The molecule has 1 atom stereocenters. The molecule has 0 saturated carbocycles. The molecule has 17 heavy (non-hydrogen) atoms. The van der Waals surface area contributed by atoms with E-state index in [2.05, 4.69) is 51.2 Å². The molecular weight excluding hydrogens is 210 g/mol. The van der Waals surface area contributed by atoms with Gasteiger partial charge in [0.2, 0.25) is 0 Å². The maximum absolute atomic E-state index is 9.19. The van der Waals surface area contributed by atoms with E-state index in [1.54, 1.807) is 6.92 Å². The molecule has 0 heterocycles. The number of rotatable bonds is 4. The lowest BCUT2D eigenvalue weighted by Crippen LogP contribution is -2.24. The van der Waals surface area contributed by atoms with Crippen molar-refractivity contribution in [3.63, 3.8) is 0 Å². The smallest absolute Gasteiger partial charge is 0.0636 e. The van der Waals surface area contributed by atoms with E-state index in [0.29, 0.717) is 6.54 Å². The number of nitrogens with one attached hydrogen (secondary N) is 1. The van der Waals surface area contributed by atoms with Crippen LogP contribution in [0.15, 0.2) is 18.2 Å². The van der Waals surface area contributed by atoms with Crippen molar-refractivity contribution in [3.05, 3.63) is 34.9 Å². The molecular formula is C15H25NO. The van der Waals surface area contributed by atoms with Gasteiger partial charge in [-0.15, -0.1) is 0 Å². The normalized spacial score (nSPS) is 13.8. The van der Waals surface area contributed by atoms with Crippen LogP contribution in [0.5, 0.6) is 0 Å². The lowest BCUT2D eigenvalue weighted by Gasteiger charge is -2.20. The largest absolute Gasteiger partial charge is 0.392 e. The fourth-order valence-corrected chi connectivity index (χ4v) is 1.78. The Bertz CT molecular complexity index is 364. The summed E-state index contributed by atoms with van der Waals surface area (Å²) in [6.07, 6.45) is -0.288. The van der Waals surface area contributed by atoms with Crippen LogP contribution < -0.4 is 5.32 Å². The third-order valence-electron chi connectivity index (χ3n) is 2.96. The summed E-state index contributed by atoms with van der Waals surface area (Å²) >= 11 is 0. The standard InChI is InChI=1S/C15H25NO/c1-11-8-14(15(3,4)5)7-6-13(11)10-16-9-12(2)17/h6-8,12,16-17H,9-10H2,1-5H3. The van der Waals surface area contributed by atoms with Crippen molar-refractivity contribution in [1.82, 2.24) is 5.32 Å². The lowest BCUT2D eigenvalue weighted by molar-refractivity contribution is 0.191. The molecule has 1 unspecified atom stereocenters. The first-order chi connectivity index (χ1) is 7.80. The Labute approximate surface area is 105 Å². The van der Waals surface area contributed by atoms with Crippen LogP contribution in [0.4, 0.5) is 0 Å². The zero-order valence-corrected chi connectivity index (χ0v) is 11.7. The molecule has 1 rings (SSSR count). The van der Waals surface area contributed by atoms with Crippen LogP contribution in [0.3, 0.4) is 0 Å². The topological polar surface area (TPSA) is 32.3 Å². The maximum Gasteiger partial charge on any atom is 0.0636 e. The zero-order chi connectivity index (χ0) is 13.1. The fraction of sp³-hybridized carbons (Fsp3) is 0.600. The first-order valence-electron chi connectivity index (χ1n) is 6.29. The van der Waals surface area contributed by atoms with Crippen LogP contribution in [0.1, 0.15) is 44.4 Å². The second kappa shape index (κ2) is 5.65. The first kappa shape index (κ1) is 14.2. The number of hydrogen-bond acceptors (Lipinski definition) is 2. The van der Waals surface area contributed by atoms with Gasteiger partial charge in [-0.2, -0.15) is 0 Å². The van der Waals surface area contributed by atoms with Gasteiger partial charge in [0.15, 0.2) is 0 Å². The summed E-state index contributed by atoms with van der Waals surface area (Å²) in [5, 5.41) is 12.4. The summed E-state index contributed by atoms with van der Waals surface area (Å²) in [4.78, 5) is 0. The van der Waals surface area contributed by atoms with Crippen molar-refractivity contribution in [3.8, 4) is 0 Å². The predicted molar refractivity (Wildman–Crippen MR) is 73.3 cm³/mol. The van der Waals surface area contributed by atoms with E-state index in [0.717, 1.165) is 6.54 Å². The van der Waals surface area contributed by atoms with E-state index in [1.807, 2.05) is 0 Å². The number of hydrogen-bond donors (Lipinski definition) is 2. The summed E-state index contributed by atoms with van der Waals surface area (Å²) < 4.78 is 0. The number of aliphatic hydroxyl groups excluding tert-OH is 1. The number of benzene rings is 1. The molecule has 0 radical (unpaired) electrons. The van der Waals surface area contributed by atoms with Gasteiger partial charge < -0.3 is 10.4 Å². The van der Waals surface area contributed by atoms with Gasteiger partial charge in [-0.25, -0.2) is 0 Å². The molecule has 0 amide bonds. The Balaban J connectivity index is 2.70. The Morgan fingerprint density at radius 1 is 1.29 bits per heavy atom. The minimum absolute atomic E-state index is 0.205. The van der Waals surface area contributed by atoms with Gasteiger partial charge in [-0.1, -0.05) is 39.0 Å². The highest BCUT2D eigenvalue weighted by Gasteiger charge is 2.14. The molecule has 0 fully saturated rings. The van der Waals surface area contributed by atoms with Gasteiger partial charge in [0.1, 0.15) is 0 Å². The SMILES string of the molecule is Cc1cc(C(C)(C)C)ccc1CNCC(C)O. The maximum atomic E-state index is 9.19. The second-order valence-corrected chi connectivity index (χ2v) is 5.87. The molecule has 0 aromatic heterocycles. The molecule has 96 valence electrons. The molecule has 0 spiro atoms. The van der Waals surface area contributed by atoms with Gasteiger partial charge in [-0.3, -0.25) is 0 Å². The molecule has 1 aromatic rings. The van der Waals surface area contributed by atoms with Crippen LogP contribution >= 0.6 is 0 Å². The predicted octanol–water partition coefficient (Wildman–Crippen LogP) is 2.76. The van der Waals surface area contributed by atoms with Gasteiger partial charge in [0.25, 0.3) is 0 Å².